The van der Waals surface area contributed by atoms with Crippen molar-refractivity contribution in [3.63, 3.8) is 0 Å². The highest BCUT2D eigenvalue weighted by Gasteiger charge is 2.36. The lowest BCUT2D eigenvalue weighted by Crippen LogP contribution is -2.25. The molecule has 1 aromatic rings. The van der Waals surface area contributed by atoms with Gasteiger partial charge in [0, 0.05) is 12.6 Å². The second kappa shape index (κ2) is 5.22. The van der Waals surface area contributed by atoms with E-state index >= 15 is 0 Å². The molecule has 1 N–H and O–H groups in total. The summed E-state index contributed by atoms with van der Waals surface area (Å²) in [7, 11) is 0. The number of ether oxygens (including phenoxy) is 1. The Labute approximate surface area is 106 Å². The van der Waals surface area contributed by atoms with Crippen molar-refractivity contribution in [3.05, 3.63) is 29.8 Å². The smallest absolute Gasteiger partial charge is 0.387 e. The highest BCUT2D eigenvalue weighted by Crippen LogP contribution is 2.44. The van der Waals surface area contributed by atoms with Gasteiger partial charge in [-0.3, -0.25) is 0 Å². The van der Waals surface area contributed by atoms with Crippen LogP contribution in [0.25, 0.3) is 0 Å². The molecule has 1 saturated carbocycles. The number of rotatable bonds is 6. The van der Waals surface area contributed by atoms with Crippen LogP contribution in [0.4, 0.5) is 8.78 Å². The minimum absolute atomic E-state index is 0.142. The van der Waals surface area contributed by atoms with Gasteiger partial charge in [-0.25, -0.2) is 0 Å². The Kier molecular flexibility index (Phi) is 3.85. The summed E-state index contributed by atoms with van der Waals surface area (Å²) in [6, 6.07) is 7.02. The van der Waals surface area contributed by atoms with E-state index in [0.717, 1.165) is 12.1 Å². The molecule has 4 heteroatoms. The summed E-state index contributed by atoms with van der Waals surface area (Å²) in [5, 5.41) is 3.44. The predicted octanol–water partition coefficient (Wildman–Crippen LogP) is 3.74. The van der Waals surface area contributed by atoms with E-state index in [0.29, 0.717) is 5.41 Å². The Hall–Kier alpha value is -1.16. The van der Waals surface area contributed by atoms with Gasteiger partial charge in [0.15, 0.2) is 0 Å². The van der Waals surface area contributed by atoms with E-state index in [1.807, 2.05) is 13.0 Å². The molecular weight excluding hydrogens is 236 g/mol. The summed E-state index contributed by atoms with van der Waals surface area (Å²) in [6.07, 6.45) is 2.53. The van der Waals surface area contributed by atoms with E-state index in [2.05, 4.69) is 17.0 Å². The summed E-state index contributed by atoms with van der Waals surface area (Å²) >= 11 is 0. The van der Waals surface area contributed by atoms with Gasteiger partial charge in [-0.1, -0.05) is 19.1 Å². The average Bonchev–Trinajstić information content (AvgIpc) is 3.04. The first-order chi connectivity index (χ1) is 8.48. The lowest BCUT2D eigenvalue weighted by molar-refractivity contribution is -0.0499. The lowest BCUT2D eigenvalue weighted by atomic mass is 10.1. The average molecular weight is 255 g/mol. The van der Waals surface area contributed by atoms with Crippen molar-refractivity contribution in [2.24, 2.45) is 5.41 Å². The van der Waals surface area contributed by atoms with Gasteiger partial charge in [-0.15, -0.1) is 0 Å². The first-order valence-electron chi connectivity index (χ1n) is 6.27. The standard InChI is InChI=1S/C14H19F2NO/c1-10(17-9-14(2)6-7-14)11-4-3-5-12(8-11)18-13(15)16/h3-5,8,10,13,17H,6-7,9H2,1-2H3. The summed E-state index contributed by atoms with van der Waals surface area (Å²) in [5.41, 5.74) is 1.41. The van der Waals surface area contributed by atoms with Crippen LogP contribution in [0.2, 0.25) is 0 Å². The third kappa shape index (κ3) is 3.67. The van der Waals surface area contributed by atoms with Crippen molar-refractivity contribution in [3.8, 4) is 5.75 Å². The maximum absolute atomic E-state index is 12.1. The maximum Gasteiger partial charge on any atom is 0.387 e. The molecule has 1 aliphatic rings. The van der Waals surface area contributed by atoms with E-state index in [1.165, 1.54) is 12.8 Å². The second-order valence-electron chi connectivity index (χ2n) is 5.36. The Morgan fingerprint density at radius 3 is 2.72 bits per heavy atom. The lowest BCUT2D eigenvalue weighted by Gasteiger charge is -2.18. The van der Waals surface area contributed by atoms with E-state index < -0.39 is 6.61 Å². The second-order valence-corrected chi connectivity index (χ2v) is 5.36. The number of benzene rings is 1. The van der Waals surface area contributed by atoms with E-state index in [9.17, 15) is 8.78 Å². The predicted molar refractivity (Wildman–Crippen MR) is 66.8 cm³/mol. The number of nitrogens with one attached hydrogen (secondary N) is 1. The van der Waals surface area contributed by atoms with Gasteiger partial charge in [0.2, 0.25) is 0 Å². The molecule has 0 radical (unpaired) electrons. The van der Waals surface area contributed by atoms with E-state index in [4.69, 9.17) is 0 Å². The molecule has 1 fully saturated rings. The van der Waals surface area contributed by atoms with Crippen LogP contribution in [-0.2, 0) is 0 Å². The zero-order valence-corrected chi connectivity index (χ0v) is 10.7. The molecule has 0 bridgehead atoms. The molecule has 2 rings (SSSR count). The molecule has 0 spiro atoms. The third-order valence-corrected chi connectivity index (χ3v) is 3.52. The Bertz CT molecular complexity index is 405. The van der Waals surface area contributed by atoms with Gasteiger partial charge in [0.25, 0.3) is 0 Å². The highest BCUT2D eigenvalue weighted by molar-refractivity contribution is 5.30. The summed E-state index contributed by atoms with van der Waals surface area (Å²) < 4.78 is 28.7. The molecule has 0 aliphatic heterocycles. The summed E-state index contributed by atoms with van der Waals surface area (Å²) in [4.78, 5) is 0. The summed E-state index contributed by atoms with van der Waals surface area (Å²) in [5.74, 6) is 0.216. The zero-order chi connectivity index (χ0) is 13.2. The first kappa shape index (κ1) is 13.3. The first-order valence-corrected chi connectivity index (χ1v) is 6.27. The Morgan fingerprint density at radius 2 is 2.11 bits per heavy atom. The van der Waals surface area contributed by atoms with E-state index in [1.54, 1.807) is 18.2 Å². The molecule has 1 aliphatic carbocycles. The van der Waals surface area contributed by atoms with Crippen LogP contribution in [0, 0.1) is 5.41 Å². The van der Waals surface area contributed by atoms with Crippen molar-refractivity contribution in [2.45, 2.75) is 39.3 Å². The number of alkyl halides is 2. The minimum atomic E-state index is -2.77. The number of hydrogen-bond acceptors (Lipinski definition) is 2. The van der Waals surface area contributed by atoms with Crippen LogP contribution in [0.15, 0.2) is 24.3 Å². The maximum atomic E-state index is 12.1. The monoisotopic (exact) mass is 255 g/mol. The largest absolute Gasteiger partial charge is 0.435 e. The molecule has 0 aromatic heterocycles. The van der Waals surface area contributed by atoms with Gasteiger partial charge >= 0.3 is 6.61 Å². The quantitative estimate of drug-likeness (QED) is 0.836. The van der Waals surface area contributed by atoms with Crippen LogP contribution >= 0.6 is 0 Å². The molecule has 1 unspecified atom stereocenters. The number of halogens is 2. The zero-order valence-electron chi connectivity index (χ0n) is 10.7. The topological polar surface area (TPSA) is 21.3 Å². The van der Waals surface area contributed by atoms with E-state index in [-0.39, 0.29) is 11.8 Å². The van der Waals surface area contributed by atoms with Crippen molar-refractivity contribution in [2.75, 3.05) is 6.54 Å². The molecular formula is C14H19F2NO. The van der Waals surface area contributed by atoms with Crippen molar-refractivity contribution >= 4 is 0 Å². The van der Waals surface area contributed by atoms with Crippen LogP contribution in [0.1, 0.15) is 38.3 Å². The van der Waals surface area contributed by atoms with Crippen LogP contribution in [0.3, 0.4) is 0 Å². The minimum Gasteiger partial charge on any atom is -0.435 e. The van der Waals surface area contributed by atoms with Crippen molar-refractivity contribution in [1.82, 2.24) is 5.32 Å². The molecule has 1 atom stereocenters. The van der Waals surface area contributed by atoms with Gasteiger partial charge in [0.1, 0.15) is 5.75 Å². The molecule has 2 nitrogen and oxygen atoms in total. The van der Waals surface area contributed by atoms with Crippen molar-refractivity contribution in [1.29, 1.82) is 0 Å². The fourth-order valence-electron chi connectivity index (χ4n) is 1.87. The SMILES string of the molecule is CC(NCC1(C)CC1)c1cccc(OC(F)F)c1. The van der Waals surface area contributed by atoms with Crippen LogP contribution in [0.5, 0.6) is 5.75 Å². The van der Waals surface area contributed by atoms with Gasteiger partial charge < -0.3 is 10.1 Å². The Morgan fingerprint density at radius 1 is 1.39 bits per heavy atom. The van der Waals surface area contributed by atoms with Gasteiger partial charge in [0.05, 0.1) is 0 Å². The fraction of sp³-hybridized carbons (Fsp3) is 0.571. The van der Waals surface area contributed by atoms with Crippen LogP contribution in [-0.4, -0.2) is 13.2 Å². The molecule has 100 valence electrons. The van der Waals surface area contributed by atoms with Crippen LogP contribution < -0.4 is 10.1 Å². The fourth-order valence-corrected chi connectivity index (χ4v) is 1.87. The molecule has 0 amide bonds. The normalized spacial score (nSPS) is 18.7. The molecule has 0 saturated heterocycles. The Balaban J connectivity index is 1.94. The highest BCUT2D eigenvalue weighted by atomic mass is 19.3. The van der Waals surface area contributed by atoms with Crippen molar-refractivity contribution < 1.29 is 13.5 Å². The number of hydrogen-bond donors (Lipinski definition) is 1. The summed E-state index contributed by atoms with van der Waals surface area (Å²) in [6.45, 7) is 2.48. The molecule has 18 heavy (non-hydrogen) atoms. The van der Waals surface area contributed by atoms with Gasteiger partial charge in [-0.2, -0.15) is 8.78 Å². The molecule has 1 aromatic carbocycles. The third-order valence-electron chi connectivity index (χ3n) is 3.52. The molecule has 0 heterocycles. The van der Waals surface area contributed by atoms with Gasteiger partial charge in [-0.05, 0) is 42.9 Å².